The van der Waals surface area contributed by atoms with E-state index in [4.69, 9.17) is 24.4 Å². The lowest BCUT2D eigenvalue weighted by molar-refractivity contribution is 0.669. The van der Waals surface area contributed by atoms with E-state index in [0.717, 1.165) is 82.7 Å². The summed E-state index contributed by atoms with van der Waals surface area (Å²) in [6.07, 6.45) is 0. The Balaban J connectivity index is 1.11. The first-order valence-electron chi connectivity index (χ1n) is 19.9. The van der Waals surface area contributed by atoms with Gasteiger partial charge in [-0.15, -0.1) is 0 Å². The van der Waals surface area contributed by atoms with Gasteiger partial charge in [0.15, 0.2) is 17.5 Å². The molecule has 0 aliphatic carbocycles. The second-order valence-electron chi connectivity index (χ2n) is 15.2. The van der Waals surface area contributed by atoms with Crippen LogP contribution in [0.5, 0.6) is 0 Å². The van der Waals surface area contributed by atoms with E-state index in [-0.39, 0.29) is 0 Å². The van der Waals surface area contributed by atoms with Gasteiger partial charge < -0.3 is 4.42 Å². The highest BCUT2D eigenvalue weighted by Gasteiger charge is 2.22. The molecule has 0 N–H and O–H groups in total. The maximum Gasteiger partial charge on any atom is 0.164 e. The summed E-state index contributed by atoms with van der Waals surface area (Å²) in [7, 11) is 0. The van der Waals surface area contributed by atoms with E-state index in [1.165, 1.54) is 22.3 Å². The number of benzene rings is 8. The Morgan fingerprint density at radius 3 is 1.44 bits per heavy atom. The molecule has 0 unspecified atom stereocenters. The van der Waals surface area contributed by atoms with Gasteiger partial charge in [0.1, 0.15) is 11.2 Å². The lowest BCUT2D eigenvalue weighted by Gasteiger charge is -2.16. The Bertz CT molecular complexity index is 3290. The fraction of sp³-hybridized carbons (Fsp3) is 0.0370. The number of hydrogen-bond acceptors (Lipinski definition) is 5. The highest BCUT2D eigenvalue weighted by Crippen LogP contribution is 2.46. The van der Waals surface area contributed by atoms with Gasteiger partial charge in [-0.1, -0.05) is 175 Å². The summed E-state index contributed by atoms with van der Waals surface area (Å²) in [5.41, 5.74) is 14.2. The van der Waals surface area contributed by atoms with E-state index in [0.29, 0.717) is 17.5 Å². The van der Waals surface area contributed by atoms with Crippen molar-refractivity contribution in [1.82, 2.24) is 19.9 Å². The van der Waals surface area contributed by atoms with Gasteiger partial charge in [-0.2, -0.15) is 0 Å². The molecule has 3 heterocycles. The molecule has 0 aliphatic heterocycles. The lowest BCUT2D eigenvalue weighted by Crippen LogP contribution is -2.00. The Hall–Kier alpha value is -7.76. The minimum Gasteiger partial charge on any atom is -0.456 e. The van der Waals surface area contributed by atoms with Crippen LogP contribution in [0.3, 0.4) is 0 Å². The molecule has 0 aliphatic rings. The Kier molecular flexibility index (Phi) is 8.19. The molecule has 0 atom stereocenters. The molecule has 0 spiro atoms. The van der Waals surface area contributed by atoms with Gasteiger partial charge in [0.05, 0.1) is 11.2 Å². The molecule has 0 fully saturated rings. The molecular weight excluding hydrogens is 721 g/mol. The number of aromatic nitrogens is 4. The quantitative estimate of drug-likeness (QED) is 0.158. The third-order valence-electron chi connectivity index (χ3n) is 11.3. The van der Waals surface area contributed by atoms with E-state index < -0.39 is 0 Å². The predicted molar refractivity (Wildman–Crippen MR) is 242 cm³/mol. The third-order valence-corrected chi connectivity index (χ3v) is 11.3. The second kappa shape index (κ2) is 14.0. The van der Waals surface area contributed by atoms with Crippen LogP contribution in [0.15, 0.2) is 186 Å². The van der Waals surface area contributed by atoms with E-state index in [1.54, 1.807) is 0 Å². The summed E-state index contributed by atoms with van der Waals surface area (Å²) < 4.78 is 6.65. The van der Waals surface area contributed by atoms with Crippen LogP contribution < -0.4 is 0 Å². The molecule has 11 aromatic rings. The van der Waals surface area contributed by atoms with Crippen LogP contribution in [0.25, 0.3) is 111 Å². The third kappa shape index (κ3) is 6.12. The van der Waals surface area contributed by atoms with E-state index in [9.17, 15) is 0 Å². The van der Waals surface area contributed by atoms with Crippen molar-refractivity contribution < 1.29 is 4.42 Å². The molecule has 0 bridgehead atoms. The normalized spacial score (nSPS) is 11.6. The maximum absolute atomic E-state index is 6.65. The molecule has 0 radical (unpaired) electrons. The zero-order valence-corrected chi connectivity index (χ0v) is 32.5. The summed E-state index contributed by atoms with van der Waals surface area (Å²) in [5, 5.41) is 5.44. The van der Waals surface area contributed by atoms with Crippen molar-refractivity contribution in [3.63, 3.8) is 0 Å². The molecule has 8 aromatic carbocycles. The average Bonchev–Trinajstić information content (AvgIpc) is 3.67. The first kappa shape index (κ1) is 34.5. The van der Waals surface area contributed by atoms with Gasteiger partial charge in [0.2, 0.25) is 0 Å². The van der Waals surface area contributed by atoms with Crippen LogP contribution >= 0.6 is 0 Å². The molecule has 5 nitrogen and oxygen atoms in total. The SMILES string of the molecule is Cc1ccc(-c2nc(-c3ccc(C)cc3)nc(-c3ccc(-c4nc5ccccc5c5c(-c6ccc(-c7ccccc7)cc6)c6c(cc45)oc4ccccc46)cc3)n2)cc1. The maximum atomic E-state index is 6.65. The summed E-state index contributed by atoms with van der Waals surface area (Å²) in [5.74, 6) is 1.88. The van der Waals surface area contributed by atoms with Crippen molar-refractivity contribution in [2.75, 3.05) is 0 Å². The van der Waals surface area contributed by atoms with E-state index in [1.807, 2.05) is 12.1 Å². The lowest BCUT2D eigenvalue weighted by atomic mass is 9.89. The molecule has 11 rings (SSSR count). The van der Waals surface area contributed by atoms with Crippen LogP contribution in [0, 0.1) is 13.8 Å². The monoisotopic (exact) mass is 756 g/mol. The van der Waals surface area contributed by atoms with Gasteiger partial charge in [-0.3, -0.25) is 0 Å². The van der Waals surface area contributed by atoms with Crippen LogP contribution in [0.2, 0.25) is 0 Å². The van der Waals surface area contributed by atoms with E-state index >= 15 is 0 Å². The Labute approximate surface area is 341 Å². The number of rotatable bonds is 6. The van der Waals surface area contributed by atoms with Crippen LogP contribution in [0.4, 0.5) is 0 Å². The number of para-hydroxylation sites is 2. The van der Waals surface area contributed by atoms with Crippen LogP contribution in [-0.4, -0.2) is 19.9 Å². The second-order valence-corrected chi connectivity index (χ2v) is 15.2. The molecule has 278 valence electrons. The van der Waals surface area contributed by atoms with Gasteiger partial charge in [0, 0.05) is 54.7 Å². The number of hydrogen-bond donors (Lipinski definition) is 0. The van der Waals surface area contributed by atoms with E-state index in [2.05, 4.69) is 184 Å². The van der Waals surface area contributed by atoms with Gasteiger partial charge >= 0.3 is 0 Å². The van der Waals surface area contributed by atoms with Crippen molar-refractivity contribution in [2.24, 2.45) is 0 Å². The summed E-state index contributed by atoms with van der Waals surface area (Å²) in [4.78, 5) is 20.3. The fourth-order valence-electron chi connectivity index (χ4n) is 8.23. The largest absolute Gasteiger partial charge is 0.456 e. The standard InChI is InChI=1S/C54H36N4O/c1-33-16-20-39(21-17-33)52-56-53(40-22-18-34(2)19-23-40)58-54(57-52)41-30-28-38(29-31-41)51-44-32-47-50(43-13-7-9-15-46(43)59-47)48(49(44)42-12-6-8-14-45(42)55-51)37-26-24-36(25-27-37)35-10-4-3-5-11-35/h3-32H,1-2H3. The molecule has 0 saturated heterocycles. The van der Waals surface area contributed by atoms with Gasteiger partial charge in [-0.25, -0.2) is 19.9 Å². The number of furan rings is 1. The molecule has 0 amide bonds. The molecule has 59 heavy (non-hydrogen) atoms. The number of nitrogens with zero attached hydrogens (tertiary/aromatic N) is 4. The number of aryl methyl sites for hydroxylation is 2. The highest BCUT2D eigenvalue weighted by atomic mass is 16.3. The van der Waals surface area contributed by atoms with Crippen molar-refractivity contribution in [3.05, 3.63) is 193 Å². The fourth-order valence-corrected chi connectivity index (χ4v) is 8.23. The predicted octanol–water partition coefficient (Wildman–Crippen LogP) is 14.1. The first-order chi connectivity index (χ1) is 29.0. The summed E-state index contributed by atoms with van der Waals surface area (Å²) in [6, 6.07) is 63.5. The number of fused-ring (bicyclic) bond motifs is 6. The molecule has 0 saturated carbocycles. The van der Waals surface area contributed by atoms with Crippen molar-refractivity contribution >= 4 is 43.6 Å². The Morgan fingerprint density at radius 2 is 0.814 bits per heavy atom. The number of pyridine rings is 1. The Morgan fingerprint density at radius 1 is 0.339 bits per heavy atom. The van der Waals surface area contributed by atoms with Gasteiger partial charge in [-0.05, 0) is 48.7 Å². The zero-order valence-electron chi connectivity index (χ0n) is 32.5. The van der Waals surface area contributed by atoms with Crippen LogP contribution in [-0.2, 0) is 0 Å². The van der Waals surface area contributed by atoms with Crippen molar-refractivity contribution in [3.8, 4) is 67.7 Å². The zero-order chi connectivity index (χ0) is 39.5. The summed E-state index contributed by atoms with van der Waals surface area (Å²) >= 11 is 0. The minimum absolute atomic E-state index is 0.610. The topological polar surface area (TPSA) is 64.7 Å². The first-order valence-corrected chi connectivity index (χ1v) is 19.9. The minimum atomic E-state index is 0.610. The molecular formula is C54H36N4O. The van der Waals surface area contributed by atoms with Crippen LogP contribution in [0.1, 0.15) is 11.1 Å². The molecule has 3 aromatic heterocycles. The molecule has 5 heteroatoms. The van der Waals surface area contributed by atoms with Crippen molar-refractivity contribution in [2.45, 2.75) is 13.8 Å². The smallest absolute Gasteiger partial charge is 0.164 e. The van der Waals surface area contributed by atoms with Gasteiger partial charge in [0.25, 0.3) is 0 Å². The van der Waals surface area contributed by atoms with Crippen molar-refractivity contribution in [1.29, 1.82) is 0 Å². The average molecular weight is 757 g/mol. The summed E-state index contributed by atoms with van der Waals surface area (Å²) in [6.45, 7) is 4.16. The highest BCUT2D eigenvalue weighted by molar-refractivity contribution is 6.27.